The number of nitrogens with one attached hydrogen (secondary N) is 1. The quantitative estimate of drug-likeness (QED) is 0.690. The lowest BCUT2D eigenvalue weighted by Crippen LogP contribution is -2.05. The maximum atomic E-state index is 10.7. The van der Waals surface area contributed by atoms with Crippen LogP contribution in [-0.4, -0.2) is 46.5 Å². The number of nitrogens with zero attached hydrogens (tertiary/aromatic N) is 5. The van der Waals surface area contributed by atoms with Crippen LogP contribution >= 0.6 is 11.8 Å². The summed E-state index contributed by atoms with van der Waals surface area (Å²) in [6.07, 6.45) is 2.93. The highest BCUT2D eigenvalue weighted by Gasteiger charge is 2.15. The van der Waals surface area contributed by atoms with Gasteiger partial charge >= 0.3 is 5.97 Å². The molecule has 20 heavy (non-hydrogen) atoms. The highest BCUT2D eigenvalue weighted by Crippen LogP contribution is 2.24. The van der Waals surface area contributed by atoms with E-state index in [-0.39, 0.29) is 5.75 Å². The minimum Gasteiger partial charge on any atom is -0.481 e. The number of hydrogen-bond acceptors (Lipinski definition) is 6. The smallest absolute Gasteiger partial charge is 0.313 e. The van der Waals surface area contributed by atoms with E-state index < -0.39 is 5.97 Å². The summed E-state index contributed by atoms with van der Waals surface area (Å²) in [5.41, 5.74) is 1.98. The molecule has 9 heteroatoms. The Hall–Kier alpha value is -2.42. The molecule has 0 bridgehead atoms. The van der Waals surface area contributed by atoms with Crippen molar-refractivity contribution in [3.63, 3.8) is 0 Å². The zero-order valence-electron chi connectivity index (χ0n) is 10.4. The molecule has 102 valence electrons. The molecule has 0 aromatic carbocycles. The predicted molar refractivity (Wildman–Crippen MR) is 71.9 cm³/mol. The summed E-state index contributed by atoms with van der Waals surface area (Å²) in [7, 11) is 0. The van der Waals surface area contributed by atoms with E-state index in [1.807, 2.05) is 13.0 Å². The standard InChI is InChI=1S/C11H10N6O2S/c1-6-2-7(20-3-8(18)19)17(16-6)11-9-10(13-4-12-9)14-5-15-11/h2,4-5H,3H2,1H3,(H,18,19)(H,12,13,14,15). The van der Waals surface area contributed by atoms with Gasteiger partial charge in [-0.25, -0.2) is 19.6 Å². The monoisotopic (exact) mass is 290 g/mol. The molecule has 0 aliphatic rings. The fourth-order valence-electron chi connectivity index (χ4n) is 1.78. The first-order valence-corrected chi connectivity index (χ1v) is 6.69. The van der Waals surface area contributed by atoms with Gasteiger partial charge in [-0.05, 0) is 13.0 Å². The number of fused-ring (bicyclic) bond motifs is 1. The molecule has 0 aliphatic heterocycles. The van der Waals surface area contributed by atoms with E-state index in [1.54, 1.807) is 4.68 Å². The Labute approximate surface area is 117 Å². The van der Waals surface area contributed by atoms with Gasteiger partial charge in [-0.3, -0.25) is 4.79 Å². The largest absolute Gasteiger partial charge is 0.481 e. The van der Waals surface area contributed by atoms with E-state index in [1.165, 1.54) is 24.4 Å². The van der Waals surface area contributed by atoms with Crippen molar-refractivity contribution in [1.82, 2.24) is 29.7 Å². The summed E-state index contributed by atoms with van der Waals surface area (Å²) in [5, 5.41) is 13.9. The number of carboxylic acids is 1. The Kier molecular flexibility index (Phi) is 3.11. The van der Waals surface area contributed by atoms with Crippen LogP contribution < -0.4 is 0 Å². The van der Waals surface area contributed by atoms with Gasteiger partial charge in [0.15, 0.2) is 11.5 Å². The van der Waals surface area contributed by atoms with Crippen LogP contribution in [0.4, 0.5) is 0 Å². The van der Waals surface area contributed by atoms with Crippen LogP contribution in [0, 0.1) is 6.92 Å². The van der Waals surface area contributed by atoms with Crippen molar-refractivity contribution in [2.24, 2.45) is 0 Å². The number of aryl methyl sites for hydroxylation is 1. The lowest BCUT2D eigenvalue weighted by molar-refractivity contribution is -0.133. The molecular formula is C11H10N6O2S. The molecule has 3 heterocycles. The molecule has 0 aliphatic carbocycles. The molecule has 0 spiro atoms. The minimum atomic E-state index is -0.880. The lowest BCUT2D eigenvalue weighted by Gasteiger charge is -2.05. The molecule has 3 aromatic heterocycles. The third kappa shape index (κ3) is 2.23. The summed E-state index contributed by atoms with van der Waals surface area (Å²) < 4.78 is 1.60. The van der Waals surface area contributed by atoms with Crippen molar-refractivity contribution in [2.45, 2.75) is 11.9 Å². The Bertz CT molecular complexity index is 780. The fraction of sp³-hybridized carbons (Fsp3) is 0.182. The summed E-state index contributed by atoms with van der Waals surface area (Å²) >= 11 is 1.19. The highest BCUT2D eigenvalue weighted by atomic mass is 32.2. The number of thioether (sulfide) groups is 1. The number of H-pyrrole nitrogens is 1. The van der Waals surface area contributed by atoms with Gasteiger partial charge in [0, 0.05) is 0 Å². The topological polar surface area (TPSA) is 110 Å². The first-order valence-electron chi connectivity index (χ1n) is 5.71. The molecule has 0 radical (unpaired) electrons. The van der Waals surface area contributed by atoms with E-state index in [4.69, 9.17) is 5.11 Å². The molecule has 0 saturated heterocycles. The molecular weight excluding hydrogens is 280 g/mol. The number of carboxylic acid groups (broad SMARTS) is 1. The SMILES string of the molecule is Cc1cc(SCC(=O)O)n(-c2ncnc3nc[nH]c23)n1. The van der Waals surface area contributed by atoms with E-state index in [0.29, 0.717) is 22.0 Å². The summed E-state index contributed by atoms with van der Waals surface area (Å²) in [6.45, 7) is 1.84. The number of rotatable bonds is 4. The van der Waals surface area contributed by atoms with Gasteiger partial charge in [0.25, 0.3) is 0 Å². The number of aromatic amines is 1. The Morgan fingerprint density at radius 1 is 1.45 bits per heavy atom. The van der Waals surface area contributed by atoms with Crippen LogP contribution in [0.15, 0.2) is 23.7 Å². The maximum Gasteiger partial charge on any atom is 0.313 e. The van der Waals surface area contributed by atoms with Gasteiger partial charge < -0.3 is 10.1 Å². The number of aliphatic carboxylic acids is 1. The van der Waals surface area contributed by atoms with Gasteiger partial charge in [0.1, 0.15) is 16.9 Å². The average Bonchev–Trinajstić information content (AvgIpc) is 3.01. The van der Waals surface area contributed by atoms with Crippen LogP contribution in [0.3, 0.4) is 0 Å². The third-order valence-electron chi connectivity index (χ3n) is 2.55. The van der Waals surface area contributed by atoms with E-state index in [9.17, 15) is 4.79 Å². The van der Waals surface area contributed by atoms with Crippen LogP contribution in [-0.2, 0) is 4.79 Å². The van der Waals surface area contributed by atoms with Crippen molar-refractivity contribution < 1.29 is 9.90 Å². The molecule has 0 amide bonds. The fourth-order valence-corrected chi connectivity index (χ4v) is 2.55. The first-order chi connectivity index (χ1) is 9.65. The molecule has 3 rings (SSSR count). The second-order valence-electron chi connectivity index (χ2n) is 4.02. The third-order valence-corrected chi connectivity index (χ3v) is 3.52. The van der Waals surface area contributed by atoms with Crippen molar-refractivity contribution >= 4 is 28.9 Å². The van der Waals surface area contributed by atoms with Crippen molar-refractivity contribution in [1.29, 1.82) is 0 Å². The number of carbonyl (C=O) groups is 1. The molecule has 0 fully saturated rings. The molecule has 0 saturated carbocycles. The van der Waals surface area contributed by atoms with Crippen LogP contribution in [0.25, 0.3) is 17.0 Å². The van der Waals surface area contributed by atoms with Crippen molar-refractivity contribution in [2.75, 3.05) is 5.75 Å². The molecule has 2 N–H and O–H groups in total. The van der Waals surface area contributed by atoms with Gasteiger partial charge in [0.05, 0.1) is 17.8 Å². The molecule has 3 aromatic rings. The summed E-state index contributed by atoms with van der Waals surface area (Å²) in [4.78, 5) is 26.0. The van der Waals surface area contributed by atoms with E-state index in [0.717, 1.165) is 5.69 Å². The van der Waals surface area contributed by atoms with Crippen LogP contribution in [0.5, 0.6) is 0 Å². The van der Waals surface area contributed by atoms with E-state index in [2.05, 4.69) is 25.0 Å². The van der Waals surface area contributed by atoms with Crippen LogP contribution in [0.1, 0.15) is 5.69 Å². The lowest BCUT2D eigenvalue weighted by atomic mass is 10.5. The maximum absolute atomic E-state index is 10.7. The minimum absolute atomic E-state index is 0.0393. The zero-order valence-corrected chi connectivity index (χ0v) is 11.3. The van der Waals surface area contributed by atoms with Gasteiger partial charge in [-0.1, -0.05) is 11.8 Å². The first kappa shape index (κ1) is 12.6. The van der Waals surface area contributed by atoms with Gasteiger partial charge in [-0.2, -0.15) is 5.10 Å². The Morgan fingerprint density at radius 3 is 3.10 bits per heavy atom. The normalized spacial score (nSPS) is 11.1. The summed E-state index contributed by atoms with van der Waals surface area (Å²) in [5.74, 6) is -0.370. The summed E-state index contributed by atoms with van der Waals surface area (Å²) in [6, 6.07) is 1.82. The van der Waals surface area contributed by atoms with E-state index >= 15 is 0 Å². The number of imidazole rings is 1. The zero-order chi connectivity index (χ0) is 14.1. The molecule has 8 nitrogen and oxygen atoms in total. The number of aromatic nitrogens is 6. The van der Waals surface area contributed by atoms with Crippen molar-refractivity contribution in [3.05, 3.63) is 24.4 Å². The highest BCUT2D eigenvalue weighted by molar-refractivity contribution is 7.99. The average molecular weight is 290 g/mol. The number of hydrogen-bond donors (Lipinski definition) is 2. The van der Waals surface area contributed by atoms with Crippen LogP contribution in [0.2, 0.25) is 0 Å². The Morgan fingerprint density at radius 2 is 2.30 bits per heavy atom. The predicted octanol–water partition coefficient (Wildman–Crippen LogP) is 1.02. The molecule has 0 unspecified atom stereocenters. The van der Waals surface area contributed by atoms with Crippen molar-refractivity contribution in [3.8, 4) is 5.82 Å². The second-order valence-corrected chi connectivity index (χ2v) is 5.01. The second kappa shape index (κ2) is 4.93. The molecule has 0 atom stereocenters. The van der Waals surface area contributed by atoms with Gasteiger partial charge in [0.2, 0.25) is 0 Å². The Balaban J connectivity index is 2.09. The van der Waals surface area contributed by atoms with Gasteiger partial charge in [-0.15, -0.1) is 0 Å².